The molecule has 1 aromatic carbocycles. The molecular formula is C13H16F3NO2. The van der Waals surface area contributed by atoms with Crippen molar-refractivity contribution < 1.29 is 22.6 Å². The maximum absolute atomic E-state index is 12.2. The third kappa shape index (κ3) is 3.76. The van der Waals surface area contributed by atoms with Gasteiger partial charge in [0, 0.05) is 5.56 Å². The van der Waals surface area contributed by atoms with Crippen molar-refractivity contribution >= 4 is 0 Å². The molecule has 19 heavy (non-hydrogen) atoms. The van der Waals surface area contributed by atoms with Crippen LogP contribution in [0, 0.1) is 0 Å². The molecule has 1 heterocycles. The summed E-state index contributed by atoms with van der Waals surface area (Å²) in [5, 5.41) is 3.22. The van der Waals surface area contributed by atoms with Crippen LogP contribution in [-0.2, 0) is 0 Å². The van der Waals surface area contributed by atoms with E-state index in [9.17, 15) is 13.2 Å². The summed E-state index contributed by atoms with van der Waals surface area (Å²) in [6.45, 7) is 1.72. The molecule has 0 radical (unpaired) electrons. The highest BCUT2D eigenvalue weighted by Crippen LogP contribution is 2.36. The summed E-state index contributed by atoms with van der Waals surface area (Å²) in [5.74, 6) is 0.622. The van der Waals surface area contributed by atoms with Crippen LogP contribution in [0.5, 0.6) is 11.5 Å². The quantitative estimate of drug-likeness (QED) is 0.919. The maximum atomic E-state index is 12.2. The van der Waals surface area contributed by atoms with Crippen molar-refractivity contribution in [3.05, 3.63) is 23.8 Å². The molecule has 1 aliphatic heterocycles. The van der Waals surface area contributed by atoms with Gasteiger partial charge >= 0.3 is 6.36 Å². The van der Waals surface area contributed by atoms with Gasteiger partial charge in [-0.15, -0.1) is 13.2 Å². The highest BCUT2D eigenvalue weighted by atomic mass is 19.4. The van der Waals surface area contributed by atoms with Crippen molar-refractivity contribution in [1.29, 1.82) is 0 Å². The third-order valence-electron chi connectivity index (χ3n) is 3.21. The van der Waals surface area contributed by atoms with Crippen LogP contribution in [0.4, 0.5) is 13.2 Å². The van der Waals surface area contributed by atoms with E-state index in [2.05, 4.69) is 10.1 Å². The average molecular weight is 275 g/mol. The maximum Gasteiger partial charge on any atom is 0.573 e. The van der Waals surface area contributed by atoms with Crippen molar-refractivity contribution in [1.82, 2.24) is 5.32 Å². The van der Waals surface area contributed by atoms with Crippen molar-refractivity contribution in [2.24, 2.45) is 0 Å². The molecule has 6 heteroatoms. The first-order valence-electron chi connectivity index (χ1n) is 6.14. The number of hydrogen-bond donors (Lipinski definition) is 1. The predicted molar refractivity (Wildman–Crippen MR) is 64.5 cm³/mol. The summed E-state index contributed by atoms with van der Waals surface area (Å²) in [6, 6.07) is 4.23. The molecule has 3 nitrogen and oxygen atoms in total. The van der Waals surface area contributed by atoms with Gasteiger partial charge in [-0.2, -0.15) is 0 Å². The zero-order valence-corrected chi connectivity index (χ0v) is 10.6. The van der Waals surface area contributed by atoms with E-state index in [1.165, 1.54) is 25.3 Å². The monoisotopic (exact) mass is 275 g/mol. The zero-order valence-electron chi connectivity index (χ0n) is 10.6. The largest absolute Gasteiger partial charge is 0.573 e. The minimum absolute atomic E-state index is 0.193. The Bertz CT molecular complexity index is 428. The van der Waals surface area contributed by atoms with E-state index in [-0.39, 0.29) is 11.7 Å². The van der Waals surface area contributed by atoms with E-state index >= 15 is 0 Å². The Balaban J connectivity index is 2.25. The number of piperidine rings is 1. The summed E-state index contributed by atoms with van der Waals surface area (Å²) < 4.78 is 45.9. The second-order valence-electron chi connectivity index (χ2n) is 4.48. The first kappa shape index (κ1) is 14.0. The Morgan fingerprint density at radius 3 is 2.47 bits per heavy atom. The molecule has 1 fully saturated rings. The van der Waals surface area contributed by atoms with E-state index in [0.717, 1.165) is 31.5 Å². The lowest BCUT2D eigenvalue weighted by molar-refractivity contribution is -0.274. The Morgan fingerprint density at radius 1 is 1.21 bits per heavy atom. The van der Waals surface area contributed by atoms with E-state index in [1.54, 1.807) is 0 Å². The lowest BCUT2D eigenvalue weighted by atomic mass is 9.89. The van der Waals surface area contributed by atoms with Crippen molar-refractivity contribution in [3.8, 4) is 11.5 Å². The smallest absolute Gasteiger partial charge is 0.496 e. The van der Waals surface area contributed by atoms with Crippen LogP contribution in [0.15, 0.2) is 18.2 Å². The summed E-state index contributed by atoms with van der Waals surface area (Å²) in [6.07, 6.45) is -2.91. The molecule has 1 saturated heterocycles. The molecular weight excluding hydrogens is 259 g/mol. The van der Waals surface area contributed by atoms with Crippen molar-refractivity contribution in [2.75, 3.05) is 20.2 Å². The zero-order chi connectivity index (χ0) is 13.9. The highest BCUT2D eigenvalue weighted by molar-refractivity contribution is 5.42. The number of rotatable bonds is 3. The van der Waals surface area contributed by atoms with E-state index in [4.69, 9.17) is 4.74 Å². The topological polar surface area (TPSA) is 30.5 Å². The SMILES string of the molecule is COc1ccc(OC(F)(F)F)cc1C1CCNCC1. The molecule has 0 amide bonds. The molecule has 0 unspecified atom stereocenters. The second kappa shape index (κ2) is 5.69. The van der Waals surface area contributed by atoms with Crippen LogP contribution in [0.25, 0.3) is 0 Å². The minimum atomic E-state index is -4.67. The molecule has 0 atom stereocenters. The van der Waals surface area contributed by atoms with E-state index in [0.29, 0.717) is 5.75 Å². The number of alkyl halides is 3. The third-order valence-corrected chi connectivity index (χ3v) is 3.21. The summed E-state index contributed by atoms with van der Waals surface area (Å²) in [5.41, 5.74) is 0.783. The first-order chi connectivity index (χ1) is 8.99. The Kier molecular flexibility index (Phi) is 4.19. The van der Waals surface area contributed by atoms with Crippen LogP contribution in [-0.4, -0.2) is 26.6 Å². The minimum Gasteiger partial charge on any atom is -0.496 e. The molecule has 0 spiro atoms. The van der Waals surface area contributed by atoms with Gasteiger partial charge in [0.15, 0.2) is 0 Å². The predicted octanol–water partition coefficient (Wildman–Crippen LogP) is 3.06. The van der Waals surface area contributed by atoms with Crippen molar-refractivity contribution in [3.63, 3.8) is 0 Å². The number of benzene rings is 1. The van der Waals surface area contributed by atoms with Gasteiger partial charge in [-0.05, 0) is 50.0 Å². The van der Waals surface area contributed by atoms with Crippen LogP contribution >= 0.6 is 0 Å². The Morgan fingerprint density at radius 2 is 1.89 bits per heavy atom. The molecule has 0 aromatic heterocycles. The fourth-order valence-electron chi connectivity index (χ4n) is 2.36. The normalized spacial score (nSPS) is 17.3. The Hall–Kier alpha value is -1.43. The van der Waals surface area contributed by atoms with Gasteiger partial charge in [0.2, 0.25) is 0 Å². The lowest BCUT2D eigenvalue weighted by Crippen LogP contribution is -2.27. The molecule has 106 valence electrons. The van der Waals surface area contributed by atoms with Crippen molar-refractivity contribution in [2.45, 2.75) is 25.1 Å². The summed E-state index contributed by atoms with van der Waals surface area (Å²) >= 11 is 0. The fraction of sp³-hybridized carbons (Fsp3) is 0.538. The van der Waals surface area contributed by atoms with Gasteiger partial charge in [-0.25, -0.2) is 0 Å². The van der Waals surface area contributed by atoms with Crippen LogP contribution in [0.1, 0.15) is 24.3 Å². The number of halogens is 3. The lowest BCUT2D eigenvalue weighted by Gasteiger charge is -2.25. The van der Waals surface area contributed by atoms with E-state index in [1.807, 2.05) is 0 Å². The number of nitrogens with one attached hydrogen (secondary N) is 1. The van der Waals surface area contributed by atoms with Crippen LogP contribution < -0.4 is 14.8 Å². The van der Waals surface area contributed by atoms with Gasteiger partial charge in [0.1, 0.15) is 11.5 Å². The molecule has 2 rings (SSSR count). The molecule has 0 aliphatic carbocycles. The van der Waals surface area contributed by atoms with Gasteiger partial charge < -0.3 is 14.8 Å². The number of methoxy groups -OCH3 is 1. The van der Waals surface area contributed by atoms with Crippen LogP contribution in [0.2, 0.25) is 0 Å². The second-order valence-corrected chi connectivity index (χ2v) is 4.48. The van der Waals surface area contributed by atoms with Gasteiger partial charge in [-0.3, -0.25) is 0 Å². The molecule has 1 aliphatic rings. The van der Waals surface area contributed by atoms with Gasteiger partial charge in [0.25, 0.3) is 0 Å². The number of hydrogen-bond acceptors (Lipinski definition) is 3. The highest BCUT2D eigenvalue weighted by Gasteiger charge is 2.31. The molecule has 0 saturated carbocycles. The fourth-order valence-corrected chi connectivity index (χ4v) is 2.36. The average Bonchev–Trinajstić information content (AvgIpc) is 2.38. The first-order valence-corrected chi connectivity index (χ1v) is 6.14. The van der Waals surface area contributed by atoms with Gasteiger partial charge in [-0.1, -0.05) is 0 Å². The Labute approximate surface area is 109 Å². The summed E-state index contributed by atoms with van der Waals surface area (Å²) in [4.78, 5) is 0. The van der Waals surface area contributed by atoms with Crippen LogP contribution in [0.3, 0.4) is 0 Å². The number of ether oxygens (including phenoxy) is 2. The molecule has 1 aromatic rings. The molecule has 0 bridgehead atoms. The van der Waals surface area contributed by atoms with Gasteiger partial charge in [0.05, 0.1) is 7.11 Å². The standard InChI is InChI=1S/C13H16F3NO2/c1-18-12-3-2-10(19-13(14,15)16)8-11(12)9-4-6-17-7-5-9/h2-3,8-9,17H,4-7H2,1H3. The molecule has 1 N–H and O–H groups in total. The summed E-state index contributed by atoms with van der Waals surface area (Å²) in [7, 11) is 1.52. The van der Waals surface area contributed by atoms with E-state index < -0.39 is 6.36 Å².